The quantitative estimate of drug-likeness (QED) is 0.743. The van der Waals surface area contributed by atoms with Gasteiger partial charge in [0, 0.05) is 18.7 Å². The number of H-pyrrole nitrogens is 1. The Kier molecular flexibility index (Phi) is 2.73. The minimum Gasteiger partial charge on any atom is -0.268 e. The normalized spacial score (nSPS) is 18.5. The summed E-state index contributed by atoms with van der Waals surface area (Å²) in [6.07, 6.45) is 3.35. The molecule has 15 heavy (non-hydrogen) atoms. The summed E-state index contributed by atoms with van der Waals surface area (Å²) in [5, 5.41) is 2.55. The van der Waals surface area contributed by atoms with Crippen LogP contribution in [-0.2, 0) is 6.54 Å². The second-order valence-electron chi connectivity index (χ2n) is 4.25. The molecule has 1 N–H and O–H groups in total. The van der Waals surface area contributed by atoms with E-state index in [0.29, 0.717) is 6.54 Å². The minimum absolute atomic E-state index is 0.108. The minimum atomic E-state index is -0.233. The van der Waals surface area contributed by atoms with Gasteiger partial charge in [0.15, 0.2) is 0 Å². The maximum absolute atomic E-state index is 11.5. The van der Waals surface area contributed by atoms with E-state index in [-0.39, 0.29) is 16.5 Å². The fourth-order valence-electron chi connectivity index (χ4n) is 1.96. The zero-order chi connectivity index (χ0) is 10.9. The maximum Gasteiger partial charge on any atom is 0.265 e. The van der Waals surface area contributed by atoms with Crippen molar-refractivity contribution < 1.29 is 0 Å². The summed E-state index contributed by atoms with van der Waals surface area (Å²) < 4.78 is 1.40. The molecule has 1 fully saturated rings. The summed E-state index contributed by atoms with van der Waals surface area (Å²) in [6.45, 7) is 0.575. The number of hydrogen-bond donors (Lipinski definition) is 2. The Morgan fingerprint density at radius 2 is 2.13 bits per heavy atom. The largest absolute Gasteiger partial charge is 0.268 e. The summed E-state index contributed by atoms with van der Waals surface area (Å²) in [5.41, 5.74) is -0.275. The van der Waals surface area contributed by atoms with Gasteiger partial charge in [0.05, 0.1) is 0 Å². The first-order chi connectivity index (χ1) is 7.15. The lowest BCUT2D eigenvalue weighted by Gasteiger charge is -2.40. The molecule has 1 saturated carbocycles. The van der Waals surface area contributed by atoms with E-state index in [2.05, 4.69) is 17.7 Å². The first-order valence-electron chi connectivity index (χ1n) is 5.06. The highest BCUT2D eigenvalue weighted by molar-refractivity contribution is 7.80. The average Bonchev–Trinajstić information content (AvgIpc) is 2.17. The topological polar surface area (TPSA) is 54.9 Å². The molecule has 0 atom stereocenters. The van der Waals surface area contributed by atoms with E-state index < -0.39 is 0 Å². The Hall–Kier alpha value is -0.970. The Morgan fingerprint density at radius 1 is 1.40 bits per heavy atom. The highest BCUT2D eigenvalue weighted by Gasteiger charge is 2.36. The molecule has 1 aliphatic rings. The summed E-state index contributed by atoms with van der Waals surface area (Å²) in [6, 6.07) is 2.57. The molecule has 0 aliphatic heterocycles. The lowest BCUT2D eigenvalue weighted by molar-refractivity contribution is 0.129. The lowest BCUT2D eigenvalue weighted by atomic mass is 9.70. The van der Waals surface area contributed by atoms with Gasteiger partial charge in [-0.3, -0.25) is 14.7 Å². The van der Waals surface area contributed by atoms with Crippen LogP contribution in [0.4, 0.5) is 0 Å². The number of rotatable bonds is 3. The summed E-state index contributed by atoms with van der Waals surface area (Å²) in [5.74, 6) is 0.760. The van der Waals surface area contributed by atoms with Gasteiger partial charge in [-0.2, -0.15) is 12.6 Å². The molecule has 0 spiro atoms. The lowest BCUT2D eigenvalue weighted by Crippen LogP contribution is -2.41. The molecule has 1 aliphatic carbocycles. The third-order valence-electron chi connectivity index (χ3n) is 3.13. The van der Waals surface area contributed by atoms with Gasteiger partial charge in [-0.05, 0) is 24.0 Å². The van der Waals surface area contributed by atoms with Crippen molar-refractivity contribution in [3.05, 3.63) is 32.8 Å². The number of aromatic nitrogens is 2. The molecule has 4 nitrogen and oxygen atoms in total. The van der Waals surface area contributed by atoms with Crippen molar-refractivity contribution in [2.45, 2.75) is 25.8 Å². The molecule has 0 bridgehead atoms. The predicted octanol–water partition coefficient (Wildman–Crippen LogP) is 0.637. The van der Waals surface area contributed by atoms with Crippen LogP contribution < -0.4 is 11.1 Å². The molecule has 1 aromatic heterocycles. The van der Waals surface area contributed by atoms with Gasteiger partial charge in [0.25, 0.3) is 11.1 Å². The van der Waals surface area contributed by atoms with E-state index in [0.717, 1.165) is 18.6 Å². The Morgan fingerprint density at radius 3 is 2.67 bits per heavy atom. The van der Waals surface area contributed by atoms with Crippen LogP contribution in [-0.4, -0.2) is 15.5 Å². The molecule has 2 rings (SSSR count). The number of hydrogen-bond acceptors (Lipinski definition) is 3. The van der Waals surface area contributed by atoms with Crippen LogP contribution in [0.15, 0.2) is 21.7 Å². The molecule has 0 saturated heterocycles. The molecule has 0 aromatic carbocycles. The van der Waals surface area contributed by atoms with Crippen molar-refractivity contribution in [1.82, 2.24) is 9.78 Å². The molecule has 0 amide bonds. The van der Waals surface area contributed by atoms with Crippen LogP contribution in [0.1, 0.15) is 19.3 Å². The molecule has 0 radical (unpaired) electrons. The standard InChI is InChI=1S/C10H14N2O2S/c13-8-2-3-9(14)12(11-8)6-10(7-15)4-1-5-10/h2-3,15H,1,4-7H2,(H,11,13). The summed E-state index contributed by atoms with van der Waals surface area (Å²) in [4.78, 5) is 22.6. The van der Waals surface area contributed by atoms with E-state index >= 15 is 0 Å². The Labute approximate surface area is 92.7 Å². The van der Waals surface area contributed by atoms with Gasteiger partial charge in [-0.1, -0.05) is 6.42 Å². The first kappa shape index (κ1) is 10.5. The van der Waals surface area contributed by atoms with Gasteiger partial charge in [0.1, 0.15) is 0 Å². The van der Waals surface area contributed by atoms with Crippen LogP contribution >= 0.6 is 12.6 Å². The SMILES string of the molecule is O=c1ccc(=O)n(CC2(CS)CCC2)[nH]1. The van der Waals surface area contributed by atoms with Crippen LogP contribution in [0.25, 0.3) is 0 Å². The Balaban J connectivity index is 2.27. The van der Waals surface area contributed by atoms with E-state index in [4.69, 9.17) is 0 Å². The molecule has 1 heterocycles. The number of aromatic amines is 1. The molecule has 1 aromatic rings. The van der Waals surface area contributed by atoms with Gasteiger partial charge >= 0.3 is 0 Å². The fourth-order valence-corrected chi connectivity index (χ4v) is 2.37. The van der Waals surface area contributed by atoms with E-state index in [1.807, 2.05) is 0 Å². The van der Waals surface area contributed by atoms with Crippen molar-refractivity contribution in [3.8, 4) is 0 Å². The van der Waals surface area contributed by atoms with Crippen molar-refractivity contribution in [2.75, 3.05) is 5.75 Å². The van der Waals surface area contributed by atoms with Gasteiger partial charge in [-0.15, -0.1) is 0 Å². The van der Waals surface area contributed by atoms with E-state index in [1.54, 1.807) is 0 Å². The third-order valence-corrected chi connectivity index (χ3v) is 3.80. The highest BCUT2D eigenvalue weighted by Crippen LogP contribution is 2.42. The third kappa shape index (κ3) is 2.02. The van der Waals surface area contributed by atoms with Crippen LogP contribution in [0, 0.1) is 5.41 Å². The number of nitrogens with one attached hydrogen (secondary N) is 1. The van der Waals surface area contributed by atoms with Crippen molar-refractivity contribution >= 4 is 12.6 Å². The summed E-state index contributed by atoms with van der Waals surface area (Å²) >= 11 is 4.32. The molecule has 82 valence electrons. The monoisotopic (exact) mass is 226 g/mol. The zero-order valence-corrected chi connectivity index (χ0v) is 9.30. The Bertz CT molecular complexity index is 453. The van der Waals surface area contributed by atoms with Crippen molar-refractivity contribution in [3.63, 3.8) is 0 Å². The van der Waals surface area contributed by atoms with Crippen LogP contribution in [0.2, 0.25) is 0 Å². The van der Waals surface area contributed by atoms with Crippen LogP contribution in [0.5, 0.6) is 0 Å². The summed E-state index contributed by atoms with van der Waals surface area (Å²) in [7, 11) is 0. The van der Waals surface area contributed by atoms with Crippen molar-refractivity contribution in [1.29, 1.82) is 0 Å². The first-order valence-corrected chi connectivity index (χ1v) is 5.70. The smallest absolute Gasteiger partial charge is 0.265 e. The highest BCUT2D eigenvalue weighted by atomic mass is 32.1. The van der Waals surface area contributed by atoms with Crippen LogP contribution in [0.3, 0.4) is 0 Å². The second-order valence-corrected chi connectivity index (χ2v) is 4.56. The average molecular weight is 226 g/mol. The van der Waals surface area contributed by atoms with Gasteiger partial charge in [0.2, 0.25) is 0 Å². The molecular weight excluding hydrogens is 212 g/mol. The predicted molar refractivity (Wildman–Crippen MR) is 61.5 cm³/mol. The molecule has 0 unspecified atom stereocenters. The molecular formula is C10H14N2O2S. The number of thiol groups is 1. The molecule has 5 heteroatoms. The maximum atomic E-state index is 11.5. The fraction of sp³-hybridized carbons (Fsp3) is 0.600. The van der Waals surface area contributed by atoms with Crippen molar-refractivity contribution in [2.24, 2.45) is 5.41 Å². The van der Waals surface area contributed by atoms with E-state index in [1.165, 1.54) is 23.2 Å². The van der Waals surface area contributed by atoms with E-state index in [9.17, 15) is 9.59 Å². The number of nitrogens with zero attached hydrogens (tertiary/aromatic N) is 1. The zero-order valence-electron chi connectivity index (χ0n) is 8.40. The van der Waals surface area contributed by atoms with Gasteiger partial charge < -0.3 is 0 Å². The second kappa shape index (κ2) is 3.89. The van der Waals surface area contributed by atoms with Gasteiger partial charge in [-0.25, -0.2) is 4.68 Å².